The van der Waals surface area contributed by atoms with Gasteiger partial charge in [-0.25, -0.2) is 15.3 Å². The predicted molar refractivity (Wildman–Crippen MR) is 101 cm³/mol. The van der Waals surface area contributed by atoms with Crippen molar-refractivity contribution in [1.82, 2.24) is 15.4 Å². The summed E-state index contributed by atoms with van der Waals surface area (Å²) in [4.78, 5) is 31.1. The molecule has 2 N–H and O–H groups in total. The molecule has 1 fully saturated rings. The highest BCUT2D eigenvalue weighted by Crippen LogP contribution is 2.18. The minimum absolute atomic E-state index is 0.208. The number of aromatic nitrogens is 1. The molecular weight excluding hydrogens is 368 g/mol. The number of rotatable bonds is 5. The zero-order valence-corrected chi connectivity index (χ0v) is 15.4. The standard InChI is InChI=1S/C18H20N4O4S/c23-16(20-25)6-3-14-1-4-15(5-2-14)21-8-10-22(11-9-21)18(24)26-13-17-19-7-12-27-17/h1-7,12,25H,8-11,13H2,(H,20,23)/b6-3+. The average Bonchev–Trinajstić information content (AvgIpc) is 3.24. The SMILES string of the molecule is O=C(/C=C/c1ccc(N2CCN(C(=O)OCc3nccs3)CC2)cc1)NO. The number of hydroxylamine groups is 1. The van der Waals surface area contributed by atoms with Crippen LogP contribution in [0.1, 0.15) is 10.6 Å². The van der Waals surface area contributed by atoms with Crippen molar-refractivity contribution in [3.63, 3.8) is 0 Å². The second-order valence-electron chi connectivity index (χ2n) is 5.86. The van der Waals surface area contributed by atoms with E-state index >= 15 is 0 Å². The lowest BCUT2D eigenvalue weighted by Crippen LogP contribution is -2.48. The smallest absolute Gasteiger partial charge is 0.410 e. The molecule has 0 spiro atoms. The van der Waals surface area contributed by atoms with E-state index in [0.29, 0.717) is 26.2 Å². The summed E-state index contributed by atoms with van der Waals surface area (Å²) in [6.45, 7) is 2.83. The number of hydrogen-bond donors (Lipinski definition) is 2. The molecule has 2 aromatic rings. The number of amides is 2. The third-order valence-electron chi connectivity index (χ3n) is 4.14. The largest absolute Gasteiger partial charge is 0.442 e. The van der Waals surface area contributed by atoms with E-state index in [1.54, 1.807) is 22.7 Å². The maximum absolute atomic E-state index is 12.1. The summed E-state index contributed by atoms with van der Waals surface area (Å²) in [7, 11) is 0. The van der Waals surface area contributed by atoms with Gasteiger partial charge in [0.2, 0.25) is 0 Å². The van der Waals surface area contributed by atoms with Crippen LogP contribution in [0.5, 0.6) is 0 Å². The van der Waals surface area contributed by atoms with E-state index in [9.17, 15) is 9.59 Å². The van der Waals surface area contributed by atoms with Gasteiger partial charge >= 0.3 is 6.09 Å². The maximum atomic E-state index is 12.1. The molecule has 1 aromatic heterocycles. The van der Waals surface area contributed by atoms with Crippen LogP contribution in [0.25, 0.3) is 6.08 Å². The molecule has 0 saturated carbocycles. The maximum Gasteiger partial charge on any atom is 0.410 e. The molecule has 1 saturated heterocycles. The second-order valence-corrected chi connectivity index (χ2v) is 6.83. The summed E-state index contributed by atoms with van der Waals surface area (Å²) in [6.07, 6.45) is 4.25. The molecule has 27 heavy (non-hydrogen) atoms. The molecule has 1 aliphatic rings. The highest BCUT2D eigenvalue weighted by atomic mass is 32.1. The van der Waals surface area contributed by atoms with Crippen LogP contribution in [-0.4, -0.2) is 53.3 Å². The Morgan fingerprint density at radius 2 is 1.96 bits per heavy atom. The van der Waals surface area contributed by atoms with Crippen molar-refractivity contribution < 1.29 is 19.5 Å². The van der Waals surface area contributed by atoms with Crippen molar-refractivity contribution in [3.8, 4) is 0 Å². The first kappa shape index (κ1) is 18.9. The van der Waals surface area contributed by atoms with Gasteiger partial charge in [-0.2, -0.15) is 0 Å². The molecular formula is C18H20N4O4S. The van der Waals surface area contributed by atoms with Gasteiger partial charge in [-0.1, -0.05) is 12.1 Å². The molecule has 0 atom stereocenters. The van der Waals surface area contributed by atoms with E-state index in [-0.39, 0.29) is 12.7 Å². The van der Waals surface area contributed by atoms with Gasteiger partial charge in [0, 0.05) is 49.5 Å². The van der Waals surface area contributed by atoms with Crippen LogP contribution in [0, 0.1) is 0 Å². The summed E-state index contributed by atoms with van der Waals surface area (Å²) in [6, 6.07) is 7.72. The van der Waals surface area contributed by atoms with Gasteiger partial charge in [-0.3, -0.25) is 10.0 Å². The first-order valence-electron chi connectivity index (χ1n) is 8.43. The zero-order chi connectivity index (χ0) is 19.1. The molecule has 142 valence electrons. The Bertz CT molecular complexity index is 784. The third kappa shape index (κ3) is 5.28. The van der Waals surface area contributed by atoms with E-state index in [2.05, 4.69) is 9.88 Å². The van der Waals surface area contributed by atoms with Crippen molar-refractivity contribution >= 4 is 35.1 Å². The Morgan fingerprint density at radius 1 is 1.22 bits per heavy atom. The fourth-order valence-electron chi connectivity index (χ4n) is 2.69. The van der Waals surface area contributed by atoms with Crippen molar-refractivity contribution in [3.05, 3.63) is 52.5 Å². The normalized spacial score (nSPS) is 14.4. The van der Waals surface area contributed by atoms with Gasteiger partial charge in [0.25, 0.3) is 5.91 Å². The van der Waals surface area contributed by atoms with Crippen molar-refractivity contribution in [2.45, 2.75) is 6.61 Å². The highest BCUT2D eigenvalue weighted by molar-refractivity contribution is 7.09. The van der Waals surface area contributed by atoms with E-state index in [0.717, 1.165) is 16.3 Å². The molecule has 2 heterocycles. The lowest BCUT2D eigenvalue weighted by atomic mass is 10.1. The van der Waals surface area contributed by atoms with Crippen molar-refractivity contribution in [2.24, 2.45) is 0 Å². The number of ether oxygens (including phenoxy) is 1. The molecule has 8 nitrogen and oxygen atoms in total. The molecule has 9 heteroatoms. The molecule has 0 unspecified atom stereocenters. The van der Waals surface area contributed by atoms with Gasteiger partial charge in [-0.15, -0.1) is 11.3 Å². The lowest BCUT2D eigenvalue weighted by Gasteiger charge is -2.35. The summed E-state index contributed by atoms with van der Waals surface area (Å²) >= 11 is 1.46. The third-order valence-corrected chi connectivity index (χ3v) is 4.89. The molecule has 3 rings (SSSR count). The highest BCUT2D eigenvalue weighted by Gasteiger charge is 2.22. The number of piperazine rings is 1. The van der Waals surface area contributed by atoms with E-state index in [1.807, 2.05) is 29.6 Å². The first-order valence-corrected chi connectivity index (χ1v) is 9.31. The van der Waals surface area contributed by atoms with Crippen LogP contribution in [0.3, 0.4) is 0 Å². The van der Waals surface area contributed by atoms with Crippen LogP contribution in [0.15, 0.2) is 41.9 Å². The predicted octanol–water partition coefficient (Wildman–Crippen LogP) is 2.12. The fourth-order valence-corrected chi connectivity index (χ4v) is 3.22. The molecule has 1 aliphatic heterocycles. The first-order chi connectivity index (χ1) is 13.2. The Morgan fingerprint density at radius 3 is 2.59 bits per heavy atom. The van der Waals surface area contributed by atoms with Crippen LogP contribution >= 0.6 is 11.3 Å². The minimum atomic E-state index is -0.572. The zero-order valence-electron chi connectivity index (χ0n) is 14.6. The monoisotopic (exact) mass is 388 g/mol. The van der Waals surface area contributed by atoms with Crippen molar-refractivity contribution in [2.75, 3.05) is 31.1 Å². The topological polar surface area (TPSA) is 95.0 Å². The Balaban J connectivity index is 1.47. The molecule has 1 aromatic carbocycles. The molecule has 2 amide bonds. The molecule has 0 aliphatic carbocycles. The Labute approximate surface area is 160 Å². The number of nitrogens with zero attached hydrogens (tertiary/aromatic N) is 3. The van der Waals surface area contributed by atoms with E-state index < -0.39 is 5.91 Å². The number of carbonyl (C=O) groups excluding carboxylic acids is 2. The van der Waals surface area contributed by atoms with Gasteiger partial charge in [0.1, 0.15) is 11.6 Å². The number of benzene rings is 1. The summed E-state index contributed by atoms with van der Waals surface area (Å²) in [5.41, 5.74) is 3.45. The number of nitrogens with one attached hydrogen (secondary N) is 1. The number of carbonyl (C=O) groups is 2. The van der Waals surface area contributed by atoms with Crippen molar-refractivity contribution in [1.29, 1.82) is 0 Å². The second kappa shape index (κ2) is 9.15. The van der Waals surface area contributed by atoms with Crippen LogP contribution in [0.4, 0.5) is 10.5 Å². The fraction of sp³-hybridized carbons (Fsp3) is 0.278. The van der Waals surface area contributed by atoms with Crippen LogP contribution in [0.2, 0.25) is 0 Å². The summed E-state index contributed by atoms with van der Waals surface area (Å²) in [5.74, 6) is -0.572. The van der Waals surface area contributed by atoms with E-state index in [1.165, 1.54) is 17.4 Å². The number of thiazole rings is 1. The Kier molecular flexibility index (Phi) is 6.39. The van der Waals surface area contributed by atoms with Gasteiger partial charge < -0.3 is 14.5 Å². The lowest BCUT2D eigenvalue weighted by molar-refractivity contribution is -0.124. The van der Waals surface area contributed by atoms with Gasteiger partial charge in [-0.05, 0) is 23.8 Å². The minimum Gasteiger partial charge on any atom is -0.442 e. The Hall–Kier alpha value is -2.91. The molecule has 0 radical (unpaired) electrons. The summed E-state index contributed by atoms with van der Waals surface area (Å²) in [5, 5.41) is 11.1. The van der Waals surface area contributed by atoms with Gasteiger partial charge in [0.05, 0.1) is 0 Å². The summed E-state index contributed by atoms with van der Waals surface area (Å²) < 4.78 is 5.30. The quantitative estimate of drug-likeness (QED) is 0.463. The van der Waals surface area contributed by atoms with E-state index in [4.69, 9.17) is 9.94 Å². The number of hydrogen-bond acceptors (Lipinski definition) is 7. The molecule has 0 bridgehead atoms. The van der Waals surface area contributed by atoms with Crippen LogP contribution < -0.4 is 10.4 Å². The number of anilines is 1. The van der Waals surface area contributed by atoms with Crippen LogP contribution in [-0.2, 0) is 16.1 Å². The van der Waals surface area contributed by atoms with Gasteiger partial charge in [0.15, 0.2) is 0 Å². The average molecular weight is 388 g/mol.